The Balaban J connectivity index is 1.84. The van der Waals surface area contributed by atoms with Crippen molar-refractivity contribution in [1.82, 2.24) is 4.90 Å². The lowest BCUT2D eigenvalue weighted by molar-refractivity contribution is -0.155. The predicted molar refractivity (Wildman–Crippen MR) is 94.7 cm³/mol. The number of carbonyl (C=O) groups excluding carboxylic acids is 1. The molecule has 0 radical (unpaired) electrons. The Bertz CT molecular complexity index is 499. The highest BCUT2D eigenvalue weighted by Gasteiger charge is 2.17. The minimum atomic E-state index is -0.423. The molecule has 0 aromatic heterocycles. The summed E-state index contributed by atoms with van der Waals surface area (Å²) in [4.78, 5) is 16.3. The molecule has 1 saturated heterocycles. The molecule has 0 amide bonds. The predicted octanol–water partition coefficient (Wildman–Crippen LogP) is 3.45. The Morgan fingerprint density at radius 3 is 2.30 bits per heavy atom. The van der Waals surface area contributed by atoms with Crippen LogP contribution in [0.5, 0.6) is 0 Å². The zero-order chi connectivity index (χ0) is 16.9. The van der Waals surface area contributed by atoms with Crippen LogP contribution < -0.4 is 4.90 Å². The van der Waals surface area contributed by atoms with Gasteiger partial charge < -0.3 is 9.64 Å². The van der Waals surface area contributed by atoms with Gasteiger partial charge in [0, 0.05) is 25.3 Å². The maximum atomic E-state index is 11.8. The van der Waals surface area contributed by atoms with Crippen LogP contribution in [0.25, 0.3) is 0 Å². The van der Waals surface area contributed by atoms with Crippen molar-refractivity contribution in [1.29, 1.82) is 0 Å². The van der Waals surface area contributed by atoms with E-state index in [0.29, 0.717) is 6.54 Å². The Morgan fingerprint density at radius 1 is 1.13 bits per heavy atom. The van der Waals surface area contributed by atoms with E-state index in [1.165, 1.54) is 30.5 Å². The normalized spacial score (nSPS) is 15.8. The minimum absolute atomic E-state index is 0.176. The quantitative estimate of drug-likeness (QED) is 0.779. The van der Waals surface area contributed by atoms with Crippen LogP contribution in [0.1, 0.15) is 45.6 Å². The van der Waals surface area contributed by atoms with Gasteiger partial charge in [-0.3, -0.25) is 9.69 Å². The second-order valence-corrected chi connectivity index (χ2v) is 7.47. The highest BCUT2D eigenvalue weighted by molar-refractivity contribution is 5.72. The number of likely N-dealkylation sites (N-methyl/N-ethyl adjacent to an activating group) is 1. The van der Waals surface area contributed by atoms with Gasteiger partial charge in [0.25, 0.3) is 0 Å². The van der Waals surface area contributed by atoms with Gasteiger partial charge in [-0.2, -0.15) is 0 Å². The van der Waals surface area contributed by atoms with Gasteiger partial charge in [-0.1, -0.05) is 12.1 Å². The van der Waals surface area contributed by atoms with Gasteiger partial charge in [0.2, 0.25) is 0 Å². The van der Waals surface area contributed by atoms with Crippen molar-refractivity contribution in [2.75, 3.05) is 31.6 Å². The first-order chi connectivity index (χ1) is 10.8. The van der Waals surface area contributed by atoms with Crippen molar-refractivity contribution in [3.63, 3.8) is 0 Å². The number of rotatable bonds is 5. The largest absolute Gasteiger partial charge is 0.459 e. The van der Waals surface area contributed by atoms with E-state index in [0.717, 1.165) is 19.6 Å². The molecule has 0 unspecified atom stereocenters. The van der Waals surface area contributed by atoms with Gasteiger partial charge in [0.15, 0.2) is 0 Å². The zero-order valence-electron chi connectivity index (χ0n) is 15.0. The molecular weight excluding hydrogens is 288 g/mol. The van der Waals surface area contributed by atoms with Crippen molar-refractivity contribution in [2.45, 2.75) is 52.2 Å². The summed E-state index contributed by atoms with van der Waals surface area (Å²) in [5, 5.41) is 0. The van der Waals surface area contributed by atoms with Gasteiger partial charge >= 0.3 is 5.97 Å². The first kappa shape index (κ1) is 17.8. The molecule has 23 heavy (non-hydrogen) atoms. The summed E-state index contributed by atoms with van der Waals surface area (Å²) in [5.41, 5.74) is 2.11. The fraction of sp³-hybridized carbons (Fsp3) is 0.632. The smallest absolute Gasteiger partial charge is 0.320 e. The van der Waals surface area contributed by atoms with E-state index in [4.69, 9.17) is 4.74 Å². The van der Waals surface area contributed by atoms with Gasteiger partial charge in [0.05, 0.1) is 6.54 Å². The molecular formula is C19H30N2O2. The molecule has 0 N–H and O–H groups in total. The van der Waals surface area contributed by atoms with Crippen LogP contribution in [-0.2, 0) is 16.1 Å². The van der Waals surface area contributed by atoms with Crippen LogP contribution in [0.2, 0.25) is 0 Å². The maximum absolute atomic E-state index is 11.8. The monoisotopic (exact) mass is 318 g/mol. The topological polar surface area (TPSA) is 32.8 Å². The summed E-state index contributed by atoms with van der Waals surface area (Å²) in [6, 6.07) is 8.72. The van der Waals surface area contributed by atoms with Crippen LogP contribution in [0.15, 0.2) is 24.3 Å². The van der Waals surface area contributed by atoms with Crippen molar-refractivity contribution in [3.8, 4) is 0 Å². The van der Waals surface area contributed by atoms with Crippen molar-refractivity contribution in [2.24, 2.45) is 0 Å². The number of ether oxygens (including phenoxy) is 1. The lowest BCUT2D eigenvalue weighted by Gasteiger charge is -2.29. The summed E-state index contributed by atoms with van der Waals surface area (Å²) in [6.45, 7) is 9.07. The SMILES string of the molecule is CN(CC(=O)OC(C)(C)C)Cc1ccc(N2CCCCC2)cc1. The number of piperidine rings is 1. The second kappa shape index (κ2) is 7.82. The van der Waals surface area contributed by atoms with E-state index in [9.17, 15) is 4.79 Å². The Morgan fingerprint density at radius 2 is 1.74 bits per heavy atom. The van der Waals surface area contributed by atoms with E-state index in [1.54, 1.807) is 0 Å². The van der Waals surface area contributed by atoms with Crippen LogP contribution in [0, 0.1) is 0 Å². The van der Waals surface area contributed by atoms with Gasteiger partial charge in [0.1, 0.15) is 5.60 Å². The third kappa shape index (κ3) is 6.22. The number of hydrogen-bond acceptors (Lipinski definition) is 4. The van der Waals surface area contributed by atoms with Crippen LogP contribution in [0.4, 0.5) is 5.69 Å². The molecule has 128 valence electrons. The number of esters is 1. The average molecular weight is 318 g/mol. The van der Waals surface area contributed by atoms with E-state index >= 15 is 0 Å². The molecule has 1 aromatic rings. The molecule has 0 saturated carbocycles. The van der Waals surface area contributed by atoms with Crippen molar-refractivity contribution < 1.29 is 9.53 Å². The lowest BCUT2D eigenvalue weighted by atomic mass is 10.1. The standard InChI is InChI=1S/C19H30N2O2/c1-19(2,3)23-18(22)15-20(4)14-16-8-10-17(11-9-16)21-12-6-5-7-13-21/h8-11H,5-7,12-15H2,1-4H3. The summed E-state index contributed by atoms with van der Waals surface area (Å²) in [6.07, 6.45) is 3.94. The number of nitrogens with zero attached hydrogens (tertiary/aromatic N) is 2. The van der Waals surface area contributed by atoms with Crippen LogP contribution in [0.3, 0.4) is 0 Å². The average Bonchev–Trinajstić information content (AvgIpc) is 2.46. The van der Waals surface area contributed by atoms with E-state index in [-0.39, 0.29) is 5.97 Å². The molecule has 2 rings (SSSR count). The van der Waals surface area contributed by atoms with E-state index in [2.05, 4.69) is 29.2 Å². The molecule has 0 aliphatic carbocycles. The molecule has 1 aliphatic rings. The summed E-state index contributed by atoms with van der Waals surface area (Å²) in [5.74, 6) is -0.176. The van der Waals surface area contributed by atoms with Gasteiger partial charge in [-0.25, -0.2) is 0 Å². The van der Waals surface area contributed by atoms with Gasteiger partial charge in [-0.15, -0.1) is 0 Å². The Hall–Kier alpha value is -1.55. The molecule has 0 atom stereocenters. The fourth-order valence-electron chi connectivity index (χ4n) is 2.93. The molecule has 4 heteroatoms. The fourth-order valence-corrected chi connectivity index (χ4v) is 2.93. The molecule has 1 fully saturated rings. The summed E-state index contributed by atoms with van der Waals surface area (Å²) < 4.78 is 5.36. The molecule has 1 aromatic carbocycles. The number of hydrogen-bond donors (Lipinski definition) is 0. The number of carbonyl (C=O) groups is 1. The lowest BCUT2D eigenvalue weighted by Crippen LogP contribution is -2.32. The first-order valence-corrected chi connectivity index (χ1v) is 8.58. The molecule has 1 aliphatic heterocycles. The highest BCUT2D eigenvalue weighted by Crippen LogP contribution is 2.20. The van der Waals surface area contributed by atoms with E-state index in [1.807, 2.05) is 32.7 Å². The Labute approximate surface area is 140 Å². The Kier molecular flexibility index (Phi) is 6.05. The van der Waals surface area contributed by atoms with Gasteiger partial charge in [-0.05, 0) is 64.8 Å². The minimum Gasteiger partial charge on any atom is -0.459 e. The zero-order valence-corrected chi connectivity index (χ0v) is 15.0. The van der Waals surface area contributed by atoms with Crippen LogP contribution >= 0.6 is 0 Å². The molecule has 0 bridgehead atoms. The maximum Gasteiger partial charge on any atom is 0.320 e. The number of anilines is 1. The molecule has 0 spiro atoms. The molecule has 1 heterocycles. The second-order valence-electron chi connectivity index (χ2n) is 7.47. The first-order valence-electron chi connectivity index (χ1n) is 8.58. The number of benzene rings is 1. The van der Waals surface area contributed by atoms with Crippen molar-refractivity contribution >= 4 is 11.7 Å². The van der Waals surface area contributed by atoms with Crippen LogP contribution in [-0.4, -0.2) is 43.2 Å². The third-order valence-corrected chi connectivity index (χ3v) is 3.93. The van der Waals surface area contributed by atoms with Crippen molar-refractivity contribution in [3.05, 3.63) is 29.8 Å². The van der Waals surface area contributed by atoms with E-state index < -0.39 is 5.60 Å². The summed E-state index contributed by atoms with van der Waals surface area (Å²) >= 11 is 0. The highest BCUT2D eigenvalue weighted by atomic mass is 16.6. The molecule has 4 nitrogen and oxygen atoms in total. The summed E-state index contributed by atoms with van der Waals surface area (Å²) in [7, 11) is 1.95. The third-order valence-electron chi connectivity index (χ3n) is 3.93.